The lowest BCUT2D eigenvalue weighted by Gasteiger charge is -2.13. The number of benzene rings is 1. The highest BCUT2D eigenvalue weighted by Crippen LogP contribution is 2.16. The summed E-state index contributed by atoms with van der Waals surface area (Å²) in [6.07, 6.45) is -0.713. The Morgan fingerprint density at radius 1 is 1.29 bits per heavy atom. The summed E-state index contributed by atoms with van der Waals surface area (Å²) in [6.45, 7) is 5.67. The van der Waals surface area contributed by atoms with Gasteiger partial charge in [-0.05, 0) is 37.1 Å². The van der Waals surface area contributed by atoms with E-state index in [4.69, 9.17) is 4.74 Å². The van der Waals surface area contributed by atoms with E-state index in [0.29, 0.717) is 17.5 Å². The van der Waals surface area contributed by atoms with Crippen LogP contribution in [0.4, 0.5) is 10.2 Å². The van der Waals surface area contributed by atoms with Gasteiger partial charge in [0.2, 0.25) is 0 Å². The second kappa shape index (κ2) is 6.39. The van der Waals surface area contributed by atoms with E-state index in [1.165, 1.54) is 24.3 Å². The van der Waals surface area contributed by atoms with Gasteiger partial charge in [-0.1, -0.05) is 13.8 Å². The molecule has 0 radical (unpaired) electrons. The van der Waals surface area contributed by atoms with Crippen molar-refractivity contribution in [2.45, 2.75) is 32.8 Å². The van der Waals surface area contributed by atoms with Crippen molar-refractivity contribution in [1.82, 2.24) is 10.2 Å². The van der Waals surface area contributed by atoms with E-state index in [1.807, 2.05) is 13.8 Å². The van der Waals surface area contributed by atoms with Crippen LogP contribution in [0.2, 0.25) is 0 Å². The van der Waals surface area contributed by atoms with Gasteiger partial charge in [-0.15, -0.1) is 0 Å². The lowest BCUT2D eigenvalue weighted by Crippen LogP contribution is -2.30. The van der Waals surface area contributed by atoms with Gasteiger partial charge < -0.3 is 10.1 Å². The van der Waals surface area contributed by atoms with Crippen LogP contribution in [0.25, 0.3) is 0 Å². The lowest BCUT2D eigenvalue weighted by molar-refractivity contribution is -0.122. The lowest BCUT2D eigenvalue weighted by atomic mass is 10.1. The first kappa shape index (κ1) is 15.0. The highest BCUT2D eigenvalue weighted by atomic mass is 19.1. The first-order valence-electron chi connectivity index (χ1n) is 6.74. The molecule has 0 fully saturated rings. The molecule has 2 rings (SSSR count). The van der Waals surface area contributed by atoms with Crippen LogP contribution in [0.1, 0.15) is 32.4 Å². The molecule has 0 spiro atoms. The number of rotatable bonds is 5. The minimum Gasteiger partial charge on any atom is -0.481 e. The maximum absolute atomic E-state index is 12.8. The topological polar surface area (TPSA) is 67.0 Å². The molecule has 1 aromatic carbocycles. The molecule has 2 N–H and O–H groups in total. The van der Waals surface area contributed by atoms with E-state index in [9.17, 15) is 9.18 Å². The Morgan fingerprint density at radius 2 is 1.95 bits per heavy atom. The van der Waals surface area contributed by atoms with Crippen molar-refractivity contribution in [1.29, 1.82) is 0 Å². The number of hydrogen-bond acceptors (Lipinski definition) is 3. The first-order chi connectivity index (χ1) is 9.95. The fraction of sp³-hybridized carbons (Fsp3) is 0.333. The predicted octanol–water partition coefficient (Wildman–Crippen LogP) is 3.08. The molecule has 21 heavy (non-hydrogen) atoms. The smallest absolute Gasteiger partial charge is 0.266 e. The van der Waals surface area contributed by atoms with E-state index >= 15 is 0 Å². The van der Waals surface area contributed by atoms with Crippen LogP contribution in [0.3, 0.4) is 0 Å². The summed E-state index contributed by atoms with van der Waals surface area (Å²) >= 11 is 0. The van der Waals surface area contributed by atoms with Crippen LogP contribution >= 0.6 is 0 Å². The number of aromatic amines is 1. The van der Waals surface area contributed by atoms with Gasteiger partial charge in [-0.2, -0.15) is 5.10 Å². The Hall–Kier alpha value is -2.37. The summed E-state index contributed by atoms with van der Waals surface area (Å²) in [6, 6.07) is 7.30. The zero-order chi connectivity index (χ0) is 15.4. The number of carbonyl (C=O) groups is 1. The molecule has 1 atom stereocenters. The molecule has 0 aliphatic heterocycles. The second-order valence-electron chi connectivity index (χ2n) is 5.07. The quantitative estimate of drug-likeness (QED) is 0.889. The molecule has 5 nitrogen and oxygen atoms in total. The van der Waals surface area contributed by atoms with Gasteiger partial charge in [-0.3, -0.25) is 9.89 Å². The van der Waals surface area contributed by atoms with Crippen molar-refractivity contribution in [2.75, 3.05) is 5.32 Å². The normalized spacial score (nSPS) is 12.2. The summed E-state index contributed by atoms with van der Waals surface area (Å²) < 4.78 is 18.2. The molecular weight excluding hydrogens is 273 g/mol. The van der Waals surface area contributed by atoms with Gasteiger partial charge in [0, 0.05) is 11.8 Å². The van der Waals surface area contributed by atoms with Crippen molar-refractivity contribution < 1.29 is 13.9 Å². The predicted molar refractivity (Wildman–Crippen MR) is 77.8 cm³/mol. The molecule has 1 amide bonds. The molecule has 112 valence electrons. The molecular formula is C15H18FN3O2. The third-order valence-corrected chi connectivity index (χ3v) is 2.97. The number of aromatic nitrogens is 2. The van der Waals surface area contributed by atoms with Gasteiger partial charge in [0.1, 0.15) is 11.6 Å². The van der Waals surface area contributed by atoms with Crippen molar-refractivity contribution in [3.63, 3.8) is 0 Å². The Bertz CT molecular complexity index is 608. The van der Waals surface area contributed by atoms with E-state index in [1.54, 1.807) is 13.0 Å². The van der Waals surface area contributed by atoms with E-state index in [0.717, 1.165) is 5.69 Å². The fourth-order valence-electron chi connectivity index (χ4n) is 1.70. The second-order valence-corrected chi connectivity index (χ2v) is 5.07. The zero-order valence-electron chi connectivity index (χ0n) is 12.2. The average molecular weight is 291 g/mol. The summed E-state index contributed by atoms with van der Waals surface area (Å²) in [5.41, 5.74) is 0.942. The summed E-state index contributed by atoms with van der Waals surface area (Å²) in [4.78, 5) is 12.0. The molecule has 1 heterocycles. The molecule has 2 aromatic rings. The number of halogens is 1. The summed E-state index contributed by atoms with van der Waals surface area (Å²) in [5, 5.41) is 9.54. The fourth-order valence-corrected chi connectivity index (χ4v) is 1.70. The van der Waals surface area contributed by atoms with Crippen LogP contribution < -0.4 is 10.1 Å². The maximum Gasteiger partial charge on any atom is 0.266 e. The van der Waals surface area contributed by atoms with E-state index in [2.05, 4.69) is 15.5 Å². The van der Waals surface area contributed by atoms with Crippen LogP contribution in [0.5, 0.6) is 5.75 Å². The van der Waals surface area contributed by atoms with Gasteiger partial charge in [-0.25, -0.2) is 4.39 Å². The average Bonchev–Trinajstić information content (AvgIpc) is 2.90. The highest BCUT2D eigenvalue weighted by Gasteiger charge is 2.16. The van der Waals surface area contributed by atoms with E-state index in [-0.39, 0.29) is 11.7 Å². The van der Waals surface area contributed by atoms with Gasteiger partial charge in [0.15, 0.2) is 11.9 Å². The van der Waals surface area contributed by atoms with Gasteiger partial charge in [0.25, 0.3) is 5.91 Å². The zero-order valence-corrected chi connectivity index (χ0v) is 12.2. The standard InChI is InChI=1S/C15H18FN3O2/c1-9(2)13-8-14(19-18-13)17-15(20)10(3)21-12-6-4-11(16)5-7-12/h4-10H,1-3H3,(H2,17,18,19,20). The van der Waals surface area contributed by atoms with Crippen LogP contribution in [-0.2, 0) is 4.79 Å². The van der Waals surface area contributed by atoms with Crippen molar-refractivity contribution >= 4 is 11.7 Å². The van der Waals surface area contributed by atoms with Crippen molar-refractivity contribution in [2.24, 2.45) is 0 Å². The van der Waals surface area contributed by atoms with Crippen molar-refractivity contribution in [3.8, 4) is 5.75 Å². The Morgan fingerprint density at radius 3 is 2.52 bits per heavy atom. The largest absolute Gasteiger partial charge is 0.481 e. The number of carbonyl (C=O) groups excluding carboxylic acids is 1. The minimum atomic E-state index is -0.713. The molecule has 1 aromatic heterocycles. The molecule has 6 heteroatoms. The number of nitrogens with zero attached hydrogens (tertiary/aromatic N) is 1. The third-order valence-electron chi connectivity index (χ3n) is 2.97. The minimum absolute atomic E-state index is 0.302. The SMILES string of the molecule is CC(Oc1ccc(F)cc1)C(=O)Nc1cc(C(C)C)[nH]n1. The van der Waals surface area contributed by atoms with Crippen LogP contribution in [0, 0.1) is 5.82 Å². The Balaban J connectivity index is 1.94. The highest BCUT2D eigenvalue weighted by molar-refractivity contribution is 5.93. The Kier molecular flexibility index (Phi) is 4.57. The monoisotopic (exact) mass is 291 g/mol. The number of nitrogens with one attached hydrogen (secondary N) is 2. The molecule has 0 saturated heterocycles. The van der Waals surface area contributed by atoms with Crippen molar-refractivity contribution in [3.05, 3.63) is 41.8 Å². The van der Waals surface area contributed by atoms with Crippen LogP contribution in [-0.4, -0.2) is 22.2 Å². The molecule has 0 bridgehead atoms. The molecule has 0 aliphatic rings. The first-order valence-corrected chi connectivity index (χ1v) is 6.74. The Labute approximate surface area is 122 Å². The third kappa shape index (κ3) is 4.05. The van der Waals surface area contributed by atoms with Crippen LogP contribution in [0.15, 0.2) is 30.3 Å². The summed E-state index contributed by atoms with van der Waals surface area (Å²) in [5.74, 6) is 0.525. The number of ether oxygens (including phenoxy) is 1. The van der Waals surface area contributed by atoms with Gasteiger partial charge >= 0.3 is 0 Å². The molecule has 0 aliphatic carbocycles. The number of hydrogen-bond donors (Lipinski definition) is 2. The maximum atomic E-state index is 12.8. The summed E-state index contributed by atoms with van der Waals surface area (Å²) in [7, 11) is 0. The van der Waals surface area contributed by atoms with Gasteiger partial charge in [0.05, 0.1) is 0 Å². The number of anilines is 1. The number of amides is 1. The molecule has 0 saturated carbocycles. The molecule has 1 unspecified atom stereocenters. The van der Waals surface area contributed by atoms with E-state index < -0.39 is 6.10 Å². The number of H-pyrrole nitrogens is 1.